The molecule has 3 rings (SSSR count). The van der Waals surface area contributed by atoms with Crippen LogP contribution >= 0.6 is 0 Å². The molecule has 4 heteroatoms. The Labute approximate surface area is 132 Å². The van der Waals surface area contributed by atoms with Gasteiger partial charge in [-0.1, -0.05) is 24.3 Å². The molecule has 2 heterocycles. The number of aromatic nitrogens is 1. The first-order valence-corrected chi connectivity index (χ1v) is 8.08. The predicted octanol–water partition coefficient (Wildman–Crippen LogP) is 2.41. The quantitative estimate of drug-likeness (QED) is 0.832. The summed E-state index contributed by atoms with van der Waals surface area (Å²) in [5.41, 5.74) is 2.86. The van der Waals surface area contributed by atoms with E-state index in [0.717, 1.165) is 49.6 Å². The van der Waals surface area contributed by atoms with Gasteiger partial charge in [0.05, 0.1) is 19.6 Å². The van der Waals surface area contributed by atoms with Crippen LogP contribution in [0.2, 0.25) is 0 Å². The molecule has 1 aliphatic rings. The van der Waals surface area contributed by atoms with Gasteiger partial charge in [0.15, 0.2) is 0 Å². The lowest BCUT2D eigenvalue weighted by Crippen LogP contribution is -2.61. The summed E-state index contributed by atoms with van der Waals surface area (Å²) in [6, 6.07) is 14.8. The number of benzene rings is 1. The summed E-state index contributed by atoms with van der Waals surface area (Å²) in [5.74, 6) is 0.959. The Bertz CT molecular complexity index is 591. The molecule has 0 radical (unpaired) electrons. The smallest absolute Gasteiger partial charge is 0.135 e. The maximum Gasteiger partial charge on any atom is 0.135 e. The van der Waals surface area contributed by atoms with Crippen LogP contribution in [0.3, 0.4) is 0 Å². The average molecular weight is 297 g/mol. The summed E-state index contributed by atoms with van der Waals surface area (Å²) < 4.78 is 1.06. The Balaban J connectivity index is 1.74. The van der Waals surface area contributed by atoms with E-state index in [-0.39, 0.29) is 0 Å². The van der Waals surface area contributed by atoms with Gasteiger partial charge in [0.1, 0.15) is 18.1 Å². The number of nitrogens with zero attached hydrogens (tertiary/aromatic N) is 2. The van der Waals surface area contributed by atoms with Gasteiger partial charge in [0.25, 0.3) is 0 Å². The molecule has 1 fully saturated rings. The molecule has 0 unspecified atom stereocenters. The molecule has 2 aromatic rings. The molecular weight excluding hydrogens is 272 g/mol. The molecule has 0 atom stereocenters. The molecule has 0 amide bonds. The van der Waals surface area contributed by atoms with E-state index in [1.165, 1.54) is 11.3 Å². The molecule has 0 bridgehead atoms. The molecule has 4 nitrogen and oxygen atoms in total. The largest absolute Gasteiger partial charge is 0.364 e. The molecule has 2 N–H and O–H groups in total. The second-order valence-corrected chi connectivity index (χ2v) is 5.99. The number of hydrogen-bond acceptors (Lipinski definition) is 3. The maximum absolute atomic E-state index is 4.34. The molecular formula is C18H25N4+. The third-order valence-corrected chi connectivity index (χ3v) is 4.57. The van der Waals surface area contributed by atoms with Crippen molar-refractivity contribution >= 4 is 11.5 Å². The highest BCUT2D eigenvalue weighted by Crippen LogP contribution is 2.27. The highest BCUT2D eigenvalue weighted by atomic mass is 15.4. The number of para-hydroxylation sites is 1. The number of aryl methyl sites for hydroxylation is 1. The fourth-order valence-electron chi connectivity index (χ4n) is 3.37. The summed E-state index contributed by atoms with van der Waals surface area (Å²) in [7, 11) is 0. The lowest BCUT2D eigenvalue weighted by atomic mass is 10.1. The monoisotopic (exact) mass is 297 g/mol. The molecule has 1 aromatic heterocycles. The van der Waals surface area contributed by atoms with Gasteiger partial charge in [-0.15, -0.1) is 0 Å². The van der Waals surface area contributed by atoms with Gasteiger partial charge in [-0.05, 0) is 25.1 Å². The Hall–Kier alpha value is -1.91. The molecule has 1 aliphatic heterocycles. The van der Waals surface area contributed by atoms with E-state index in [9.17, 15) is 0 Å². The first kappa shape index (κ1) is 15.0. The standard InChI is InChI=1S/C18H25N4/c1-16-6-2-3-7-17(16)22(13-10-19-11-14-22)15-12-21-18-8-4-5-9-20-18/h2-9,19H,10-15H2,1H3,(H,20,21)/q+1. The van der Waals surface area contributed by atoms with Crippen LogP contribution in [-0.4, -0.2) is 44.3 Å². The van der Waals surface area contributed by atoms with E-state index in [4.69, 9.17) is 0 Å². The van der Waals surface area contributed by atoms with Crippen molar-refractivity contribution in [2.45, 2.75) is 6.92 Å². The molecule has 22 heavy (non-hydrogen) atoms. The van der Waals surface area contributed by atoms with Gasteiger partial charge in [-0.25, -0.2) is 4.98 Å². The Kier molecular flexibility index (Phi) is 4.71. The zero-order chi connectivity index (χ0) is 15.3. The van der Waals surface area contributed by atoms with E-state index in [2.05, 4.69) is 46.8 Å². The molecule has 0 saturated carbocycles. The third-order valence-electron chi connectivity index (χ3n) is 4.57. The molecule has 1 saturated heterocycles. The average Bonchev–Trinajstić information content (AvgIpc) is 2.57. The highest BCUT2D eigenvalue weighted by molar-refractivity contribution is 5.50. The van der Waals surface area contributed by atoms with Crippen LogP contribution in [0.4, 0.5) is 11.5 Å². The lowest BCUT2D eigenvalue weighted by Gasteiger charge is -2.42. The van der Waals surface area contributed by atoms with Crippen LogP contribution in [-0.2, 0) is 0 Å². The van der Waals surface area contributed by atoms with Gasteiger partial charge < -0.3 is 10.6 Å². The van der Waals surface area contributed by atoms with Crippen LogP contribution in [0.25, 0.3) is 0 Å². The third kappa shape index (κ3) is 3.29. The van der Waals surface area contributed by atoms with Gasteiger partial charge in [-0.3, -0.25) is 4.48 Å². The highest BCUT2D eigenvalue weighted by Gasteiger charge is 2.33. The predicted molar refractivity (Wildman–Crippen MR) is 93.2 cm³/mol. The zero-order valence-corrected chi connectivity index (χ0v) is 13.3. The van der Waals surface area contributed by atoms with Crippen molar-refractivity contribution in [3.8, 4) is 0 Å². The van der Waals surface area contributed by atoms with Crippen LogP contribution in [0, 0.1) is 6.92 Å². The number of hydrogen-bond donors (Lipinski definition) is 2. The minimum absolute atomic E-state index is 0.936. The number of rotatable bonds is 5. The maximum atomic E-state index is 4.34. The second-order valence-electron chi connectivity index (χ2n) is 5.99. The molecule has 1 aromatic carbocycles. The SMILES string of the molecule is Cc1ccccc1[N+]1(CCNc2ccccn2)CCNCC1. The molecule has 0 spiro atoms. The van der Waals surface area contributed by atoms with Gasteiger partial charge >= 0.3 is 0 Å². The topological polar surface area (TPSA) is 37.0 Å². The van der Waals surface area contributed by atoms with E-state index in [1.54, 1.807) is 0 Å². The van der Waals surface area contributed by atoms with Gasteiger partial charge in [-0.2, -0.15) is 0 Å². The van der Waals surface area contributed by atoms with E-state index < -0.39 is 0 Å². The van der Waals surface area contributed by atoms with Crippen LogP contribution in [0.5, 0.6) is 0 Å². The number of pyridine rings is 1. The fraction of sp³-hybridized carbons (Fsp3) is 0.389. The summed E-state index contributed by atoms with van der Waals surface area (Å²) in [4.78, 5) is 4.34. The summed E-state index contributed by atoms with van der Waals surface area (Å²) in [6.45, 7) is 8.71. The second kappa shape index (κ2) is 6.90. The summed E-state index contributed by atoms with van der Waals surface area (Å²) >= 11 is 0. The minimum atomic E-state index is 0.936. The first-order chi connectivity index (χ1) is 10.8. The van der Waals surface area contributed by atoms with E-state index in [0.29, 0.717) is 0 Å². The van der Waals surface area contributed by atoms with Crippen molar-refractivity contribution in [2.24, 2.45) is 0 Å². The van der Waals surface area contributed by atoms with Crippen molar-refractivity contribution in [1.29, 1.82) is 0 Å². The van der Waals surface area contributed by atoms with Crippen LogP contribution in [0.1, 0.15) is 5.56 Å². The van der Waals surface area contributed by atoms with Crippen molar-refractivity contribution in [3.63, 3.8) is 0 Å². The Morgan fingerprint density at radius 1 is 1.09 bits per heavy atom. The van der Waals surface area contributed by atoms with Crippen LogP contribution < -0.4 is 15.1 Å². The lowest BCUT2D eigenvalue weighted by molar-refractivity contribution is 0.247. The molecule has 116 valence electrons. The number of piperazine rings is 1. The van der Waals surface area contributed by atoms with Gasteiger partial charge in [0, 0.05) is 24.8 Å². The zero-order valence-electron chi connectivity index (χ0n) is 13.3. The minimum Gasteiger partial charge on any atom is -0.364 e. The first-order valence-electron chi connectivity index (χ1n) is 8.08. The molecule has 0 aliphatic carbocycles. The van der Waals surface area contributed by atoms with E-state index in [1.807, 2.05) is 24.4 Å². The van der Waals surface area contributed by atoms with Crippen molar-refractivity contribution in [3.05, 3.63) is 54.2 Å². The van der Waals surface area contributed by atoms with E-state index >= 15 is 0 Å². The Morgan fingerprint density at radius 3 is 2.59 bits per heavy atom. The van der Waals surface area contributed by atoms with Crippen molar-refractivity contribution in [1.82, 2.24) is 14.8 Å². The summed E-state index contributed by atoms with van der Waals surface area (Å²) in [6.07, 6.45) is 1.83. The number of anilines is 1. The van der Waals surface area contributed by atoms with Crippen molar-refractivity contribution in [2.75, 3.05) is 44.6 Å². The Morgan fingerprint density at radius 2 is 1.86 bits per heavy atom. The summed E-state index contributed by atoms with van der Waals surface area (Å²) in [5, 5.41) is 6.95. The van der Waals surface area contributed by atoms with Gasteiger partial charge in [0.2, 0.25) is 0 Å². The van der Waals surface area contributed by atoms with Crippen molar-refractivity contribution < 1.29 is 0 Å². The van der Waals surface area contributed by atoms with Crippen LogP contribution in [0.15, 0.2) is 48.7 Å². The number of quaternary nitrogens is 1. The normalized spacial score (nSPS) is 17.1. The fourth-order valence-corrected chi connectivity index (χ4v) is 3.37. The number of nitrogens with one attached hydrogen (secondary N) is 2.